The Morgan fingerprint density at radius 1 is 1.26 bits per heavy atom. The lowest BCUT2D eigenvalue weighted by Crippen LogP contribution is -2.53. The molecule has 0 aromatic rings. The topological polar surface area (TPSA) is 60.9 Å². The quantitative estimate of drug-likeness (QED) is 0.821. The van der Waals surface area contributed by atoms with Gasteiger partial charge in [-0.25, -0.2) is 0 Å². The molecule has 5 nitrogen and oxygen atoms in total. The maximum Gasteiger partial charge on any atom is 0.310 e. The summed E-state index contributed by atoms with van der Waals surface area (Å²) in [5.41, 5.74) is -0.903. The fourth-order valence-corrected chi connectivity index (χ4v) is 2.78. The van der Waals surface area contributed by atoms with Gasteiger partial charge in [-0.2, -0.15) is 0 Å². The lowest BCUT2D eigenvalue weighted by atomic mass is 9.78. The molecule has 0 aromatic carbocycles. The van der Waals surface area contributed by atoms with Crippen LogP contribution in [-0.4, -0.2) is 59.5 Å². The van der Waals surface area contributed by atoms with Crippen molar-refractivity contribution in [3.05, 3.63) is 0 Å². The summed E-state index contributed by atoms with van der Waals surface area (Å²) in [5, 5.41) is 9.40. The van der Waals surface area contributed by atoms with E-state index >= 15 is 0 Å². The lowest BCUT2D eigenvalue weighted by molar-refractivity contribution is -0.155. The Bertz CT molecular complexity index is 340. The van der Waals surface area contributed by atoms with Crippen LogP contribution in [0.3, 0.4) is 0 Å². The first-order chi connectivity index (χ1) is 8.86. The Kier molecular flexibility index (Phi) is 5.35. The molecule has 1 unspecified atom stereocenters. The average Bonchev–Trinajstić information content (AvgIpc) is 2.35. The van der Waals surface area contributed by atoms with Gasteiger partial charge >= 0.3 is 5.97 Å². The van der Waals surface area contributed by atoms with E-state index in [1.165, 1.54) is 0 Å². The highest BCUT2D eigenvalue weighted by atomic mass is 16.4. The lowest BCUT2D eigenvalue weighted by Gasteiger charge is -2.40. The third kappa shape index (κ3) is 3.47. The molecule has 1 amide bonds. The van der Waals surface area contributed by atoms with Crippen molar-refractivity contribution in [2.24, 2.45) is 5.41 Å². The van der Waals surface area contributed by atoms with E-state index in [0.717, 1.165) is 13.1 Å². The minimum atomic E-state index is -0.903. The number of carbonyl (C=O) groups excluding carboxylic acids is 1. The Hall–Kier alpha value is -1.10. The molecule has 0 radical (unpaired) electrons. The van der Waals surface area contributed by atoms with Gasteiger partial charge in [0.15, 0.2) is 0 Å². The number of hydrogen-bond donors (Lipinski definition) is 1. The van der Waals surface area contributed by atoms with Gasteiger partial charge in [-0.05, 0) is 26.8 Å². The third-order valence-corrected chi connectivity index (χ3v) is 4.45. The number of amides is 1. The molecule has 0 aromatic heterocycles. The van der Waals surface area contributed by atoms with Crippen molar-refractivity contribution in [2.45, 2.75) is 46.1 Å². The summed E-state index contributed by atoms with van der Waals surface area (Å²) in [6, 6.07) is 0.159. The second-order valence-electron chi connectivity index (χ2n) is 5.67. The zero-order valence-electron chi connectivity index (χ0n) is 12.5. The summed E-state index contributed by atoms with van der Waals surface area (Å²) in [7, 11) is 2.04. The van der Waals surface area contributed by atoms with Crippen molar-refractivity contribution < 1.29 is 14.7 Å². The Labute approximate surface area is 115 Å². The number of aliphatic carboxylic acids is 1. The van der Waals surface area contributed by atoms with E-state index in [1.807, 2.05) is 32.7 Å². The third-order valence-electron chi connectivity index (χ3n) is 4.45. The van der Waals surface area contributed by atoms with E-state index in [4.69, 9.17) is 0 Å². The number of carboxylic acids is 1. The maximum atomic E-state index is 12.4. The molecule has 1 fully saturated rings. The summed E-state index contributed by atoms with van der Waals surface area (Å²) in [6.07, 6.45) is 1.10. The summed E-state index contributed by atoms with van der Waals surface area (Å²) in [6.45, 7) is 8.11. The van der Waals surface area contributed by atoms with Crippen LogP contribution in [0, 0.1) is 5.41 Å². The monoisotopic (exact) mass is 270 g/mol. The molecule has 19 heavy (non-hydrogen) atoms. The Morgan fingerprint density at radius 3 is 2.26 bits per heavy atom. The molecule has 5 heteroatoms. The van der Waals surface area contributed by atoms with E-state index < -0.39 is 11.4 Å². The molecule has 0 bridgehead atoms. The molecule has 0 spiro atoms. The highest BCUT2D eigenvalue weighted by molar-refractivity contribution is 5.85. The highest BCUT2D eigenvalue weighted by Gasteiger charge is 2.39. The number of nitrogens with zero attached hydrogens (tertiary/aromatic N) is 2. The Morgan fingerprint density at radius 2 is 1.84 bits per heavy atom. The van der Waals surface area contributed by atoms with Crippen LogP contribution < -0.4 is 0 Å². The molecule has 1 N–H and O–H groups in total. The van der Waals surface area contributed by atoms with Gasteiger partial charge in [-0.15, -0.1) is 0 Å². The molecular weight excluding hydrogens is 244 g/mol. The molecular formula is C14H26N2O3. The average molecular weight is 270 g/mol. The first-order valence-electron chi connectivity index (χ1n) is 7.07. The van der Waals surface area contributed by atoms with E-state index in [-0.39, 0.29) is 18.4 Å². The van der Waals surface area contributed by atoms with Gasteiger partial charge in [0.25, 0.3) is 0 Å². The molecule has 1 atom stereocenters. The van der Waals surface area contributed by atoms with E-state index in [9.17, 15) is 14.7 Å². The first kappa shape index (κ1) is 16.0. The van der Waals surface area contributed by atoms with Gasteiger partial charge in [0.1, 0.15) is 0 Å². The van der Waals surface area contributed by atoms with Gasteiger partial charge in [-0.1, -0.05) is 13.8 Å². The second kappa shape index (κ2) is 6.37. The van der Waals surface area contributed by atoms with Crippen LogP contribution >= 0.6 is 0 Å². The zero-order chi connectivity index (χ0) is 14.6. The largest absolute Gasteiger partial charge is 0.481 e. The zero-order valence-corrected chi connectivity index (χ0v) is 12.5. The fraction of sp³-hybridized carbons (Fsp3) is 0.857. The molecule has 1 rings (SSSR count). The molecule has 0 aliphatic carbocycles. The molecule has 110 valence electrons. The second-order valence-corrected chi connectivity index (χ2v) is 5.67. The highest BCUT2D eigenvalue weighted by Crippen LogP contribution is 2.32. The van der Waals surface area contributed by atoms with Crippen LogP contribution in [0.2, 0.25) is 0 Å². The van der Waals surface area contributed by atoms with Crippen LogP contribution in [0.4, 0.5) is 0 Å². The van der Waals surface area contributed by atoms with Gasteiger partial charge < -0.3 is 14.9 Å². The van der Waals surface area contributed by atoms with Gasteiger partial charge in [0, 0.05) is 32.1 Å². The van der Waals surface area contributed by atoms with Crippen molar-refractivity contribution in [3.8, 4) is 0 Å². The van der Waals surface area contributed by atoms with E-state index in [1.54, 1.807) is 0 Å². The molecule has 1 heterocycles. The Balaban J connectivity index is 2.75. The standard InChI is InChI=1S/C14H26N2O3/c1-5-14(6-2,13(18)19)9-12(17)16-8-7-15(4)10-11(16)3/h11H,5-10H2,1-4H3,(H,18,19). The number of carbonyl (C=O) groups is 2. The van der Waals surface area contributed by atoms with Gasteiger partial charge in [-0.3, -0.25) is 9.59 Å². The molecule has 1 aliphatic heterocycles. The van der Waals surface area contributed by atoms with Crippen molar-refractivity contribution >= 4 is 11.9 Å². The van der Waals surface area contributed by atoms with E-state index in [2.05, 4.69) is 4.90 Å². The number of likely N-dealkylation sites (N-methyl/N-ethyl adjacent to an activating group) is 1. The smallest absolute Gasteiger partial charge is 0.310 e. The van der Waals surface area contributed by atoms with Crippen LogP contribution in [0.15, 0.2) is 0 Å². The van der Waals surface area contributed by atoms with Crippen molar-refractivity contribution in [1.82, 2.24) is 9.80 Å². The molecule has 1 saturated heterocycles. The fourth-order valence-electron chi connectivity index (χ4n) is 2.78. The SMILES string of the molecule is CCC(CC)(CC(=O)N1CCN(C)CC1C)C(=O)O. The van der Waals surface area contributed by atoms with Crippen molar-refractivity contribution in [3.63, 3.8) is 0 Å². The van der Waals surface area contributed by atoms with Crippen LogP contribution in [0.5, 0.6) is 0 Å². The number of piperazine rings is 1. The number of hydrogen-bond acceptors (Lipinski definition) is 3. The predicted molar refractivity (Wildman–Crippen MR) is 73.9 cm³/mol. The van der Waals surface area contributed by atoms with Gasteiger partial charge in [0.05, 0.1) is 5.41 Å². The maximum absolute atomic E-state index is 12.4. The summed E-state index contributed by atoms with van der Waals surface area (Å²) >= 11 is 0. The minimum absolute atomic E-state index is 0.0216. The molecule has 1 aliphatic rings. The van der Waals surface area contributed by atoms with Crippen molar-refractivity contribution in [1.29, 1.82) is 0 Å². The number of rotatable bonds is 5. The van der Waals surface area contributed by atoms with E-state index in [0.29, 0.717) is 19.4 Å². The van der Waals surface area contributed by atoms with Gasteiger partial charge in [0.2, 0.25) is 5.91 Å². The summed E-state index contributed by atoms with van der Waals surface area (Å²) in [5.74, 6) is -0.876. The van der Waals surface area contributed by atoms with Crippen LogP contribution in [0.25, 0.3) is 0 Å². The number of carboxylic acid groups (broad SMARTS) is 1. The summed E-state index contributed by atoms with van der Waals surface area (Å²) in [4.78, 5) is 27.9. The normalized spacial score (nSPS) is 21.5. The van der Waals surface area contributed by atoms with Crippen molar-refractivity contribution in [2.75, 3.05) is 26.7 Å². The first-order valence-corrected chi connectivity index (χ1v) is 7.07. The summed E-state index contributed by atoms with van der Waals surface area (Å²) < 4.78 is 0. The molecule has 0 saturated carbocycles. The predicted octanol–water partition coefficient (Wildman–Crippen LogP) is 1.43. The minimum Gasteiger partial charge on any atom is -0.481 e. The van der Waals surface area contributed by atoms with Crippen LogP contribution in [-0.2, 0) is 9.59 Å². The van der Waals surface area contributed by atoms with Crippen LogP contribution in [0.1, 0.15) is 40.0 Å².